The van der Waals surface area contributed by atoms with Crippen molar-refractivity contribution in [3.8, 4) is 6.07 Å². The van der Waals surface area contributed by atoms with Crippen LogP contribution < -0.4 is 4.72 Å². The fourth-order valence-corrected chi connectivity index (χ4v) is 4.23. The number of hydrogen-bond donors (Lipinski definition) is 1. The molecule has 4 aromatic rings. The van der Waals surface area contributed by atoms with Gasteiger partial charge in [-0.25, -0.2) is 13.4 Å². The molecule has 4 rings (SSSR count). The molecule has 0 unspecified atom stereocenters. The van der Waals surface area contributed by atoms with E-state index < -0.39 is 10.0 Å². The number of aromatic nitrogens is 2. The van der Waals surface area contributed by atoms with Gasteiger partial charge in [0, 0.05) is 19.2 Å². The molecule has 0 amide bonds. The maximum Gasteiger partial charge on any atom is 0.261 e. The zero-order chi connectivity index (χ0) is 20.4. The van der Waals surface area contributed by atoms with Crippen molar-refractivity contribution in [1.82, 2.24) is 9.55 Å². The predicted molar refractivity (Wildman–Crippen MR) is 112 cm³/mol. The number of nitrogens with zero attached hydrogens (tertiary/aromatic N) is 3. The summed E-state index contributed by atoms with van der Waals surface area (Å²) in [6.45, 7) is 0. The molecule has 144 valence electrons. The van der Waals surface area contributed by atoms with Gasteiger partial charge in [0.25, 0.3) is 10.0 Å². The highest BCUT2D eigenvalue weighted by atomic mass is 32.2. The number of fused-ring (bicyclic) bond motifs is 1. The van der Waals surface area contributed by atoms with Gasteiger partial charge < -0.3 is 4.57 Å². The first-order valence-electron chi connectivity index (χ1n) is 8.98. The van der Waals surface area contributed by atoms with Crippen LogP contribution in [0.5, 0.6) is 0 Å². The molecule has 0 radical (unpaired) electrons. The van der Waals surface area contributed by atoms with Crippen molar-refractivity contribution in [1.29, 1.82) is 5.26 Å². The minimum absolute atomic E-state index is 0.164. The van der Waals surface area contributed by atoms with Crippen LogP contribution in [0.25, 0.3) is 11.0 Å². The Balaban J connectivity index is 1.65. The Hall–Kier alpha value is -3.63. The fraction of sp³-hybridized carbons (Fsp3) is 0.0909. The van der Waals surface area contributed by atoms with Gasteiger partial charge in [-0.1, -0.05) is 30.3 Å². The molecular weight excluding hydrogens is 384 g/mol. The standard InChI is InChI=1S/C22H18N4O2S/c1-26-21-12-11-19(29(27,28)25-18-5-3-2-4-6-18)14-20(21)24-22(26)13-16-7-9-17(15-23)10-8-16/h2-12,14,25H,13H2,1H3. The van der Waals surface area contributed by atoms with E-state index in [2.05, 4.69) is 15.8 Å². The lowest BCUT2D eigenvalue weighted by Gasteiger charge is -2.08. The summed E-state index contributed by atoms with van der Waals surface area (Å²) >= 11 is 0. The molecule has 0 aliphatic heterocycles. The molecule has 0 aliphatic carbocycles. The Morgan fingerprint density at radius 1 is 1.03 bits per heavy atom. The maximum absolute atomic E-state index is 12.7. The fourth-order valence-electron chi connectivity index (χ4n) is 3.15. The monoisotopic (exact) mass is 402 g/mol. The van der Waals surface area contributed by atoms with E-state index in [1.807, 2.05) is 29.8 Å². The second-order valence-electron chi connectivity index (χ2n) is 6.69. The number of nitrogens with one attached hydrogen (secondary N) is 1. The highest BCUT2D eigenvalue weighted by Crippen LogP contribution is 2.23. The van der Waals surface area contributed by atoms with Gasteiger partial charge in [-0.3, -0.25) is 4.72 Å². The maximum atomic E-state index is 12.7. The quantitative estimate of drug-likeness (QED) is 0.549. The molecular formula is C22H18N4O2S. The third-order valence-electron chi connectivity index (χ3n) is 4.73. The lowest BCUT2D eigenvalue weighted by atomic mass is 10.1. The normalized spacial score (nSPS) is 11.3. The molecule has 0 saturated heterocycles. The lowest BCUT2D eigenvalue weighted by Crippen LogP contribution is -2.12. The summed E-state index contributed by atoms with van der Waals surface area (Å²) in [6, 6.07) is 23.2. The molecule has 0 atom stereocenters. The minimum atomic E-state index is -3.70. The molecule has 0 bridgehead atoms. The topological polar surface area (TPSA) is 87.8 Å². The first kappa shape index (κ1) is 18.7. The predicted octanol–water partition coefficient (Wildman–Crippen LogP) is 3.84. The van der Waals surface area contributed by atoms with Gasteiger partial charge in [0.15, 0.2) is 0 Å². The first-order valence-corrected chi connectivity index (χ1v) is 10.5. The van der Waals surface area contributed by atoms with Crippen LogP contribution in [0.4, 0.5) is 5.69 Å². The number of rotatable bonds is 5. The van der Waals surface area contributed by atoms with Crippen LogP contribution in [0.2, 0.25) is 0 Å². The van der Waals surface area contributed by atoms with Crippen molar-refractivity contribution in [2.24, 2.45) is 7.05 Å². The second-order valence-corrected chi connectivity index (χ2v) is 8.38. The smallest absolute Gasteiger partial charge is 0.261 e. The zero-order valence-electron chi connectivity index (χ0n) is 15.7. The lowest BCUT2D eigenvalue weighted by molar-refractivity contribution is 0.601. The van der Waals surface area contributed by atoms with Crippen LogP contribution in [0.3, 0.4) is 0 Å². The number of para-hydroxylation sites is 1. The van der Waals surface area contributed by atoms with Gasteiger partial charge >= 0.3 is 0 Å². The molecule has 1 heterocycles. The van der Waals surface area contributed by atoms with Gasteiger partial charge in [-0.2, -0.15) is 5.26 Å². The number of anilines is 1. The second kappa shape index (κ2) is 7.41. The molecule has 6 nitrogen and oxygen atoms in total. The van der Waals surface area contributed by atoms with E-state index in [0.29, 0.717) is 23.2 Å². The summed E-state index contributed by atoms with van der Waals surface area (Å²) in [7, 11) is -1.80. The van der Waals surface area contributed by atoms with E-state index in [9.17, 15) is 8.42 Å². The SMILES string of the molecule is Cn1c(Cc2ccc(C#N)cc2)nc2cc(S(=O)(=O)Nc3ccccc3)ccc21. The highest BCUT2D eigenvalue weighted by Gasteiger charge is 2.17. The molecule has 0 saturated carbocycles. The number of imidazole rings is 1. The van der Waals surface area contributed by atoms with Crippen molar-refractivity contribution in [2.75, 3.05) is 4.72 Å². The Kier molecular flexibility index (Phi) is 4.79. The summed E-state index contributed by atoms with van der Waals surface area (Å²) in [4.78, 5) is 4.80. The van der Waals surface area contributed by atoms with E-state index >= 15 is 0 Å². The minimum Gasteiger partial charge on any atom is -0.331 e. The van der Waals surface area contributed by atoms with Crippen molar-refractivity contribution in [3.05, 3.63) is 89.7 Å². The van der Waals surface area contributed by atoms with E-state index in [-0.39, 0.29) is 4.90 Å². The van der Waals surface area contributed by atoms with Crippen molar-refractivity contribution >= 4 is 26.7 Å². The molecule has 29 heavy (non-hydrogen) atoms. The van der Waals surface area contributed by atoms with Crippen LogP contribution in [-0.2, 0) is 23.5 Å². The molecule has 1 aromatic heterocycles. The zero-order valence-corrected chi connectivity index (χ0v) is 16.5. The van der Waals surface area contributed by atoms with E-state index in [0.717, 1.165) is 16.9 Å². The van der Waals surface area contributed by atoms with Crippen molar-refractivity contribution in [2.45, 2.75) is 11.3 Å². The molecule has 7 heteroatoms. The molecule has 1 N–H and O–H groups in total. The van der Waals surface area contributed by atoms with Crippen LogP contribution in [0.15, 0.2) is 77.7 Å². The number of aryl methyl sites for hydroxylation is 1. The Labute approximate surface area is 169 Å². The van der Waals surface area contributed by atoms with Crippen LogP contribution in [0.1, 0.15) is 17.0 Å². The van der Waals surface area contributed by atoms with Crippen LogP contribution in [0, 0.1) is 11.3 Å². The summed E-state index contributed by atoms with van der Waals surface area (Å²) in [5.74, 6) is 0.815. The number of hydrogen-bond acceptors (Lipinski definition) is 4. The Morgan fingerprint density at radius 2 is 1.76 bits per heavy atom. The number of sulfonamides is 1. The molecule has 0 fully saturated rings. The summed E-state index contributed by atoms with van der Waals surface area (Å²) in [5, 5.41) is 8.92. The van der Waals surface area contributed by atoms with Gasteiger partial charge in [-0.05, 0) is 48.0 Å². The number of nitriles is 1. The van der Waals surface area contributed by atoms with E-state index in [4.69, 9.17) is 5.26 Å². The average Bonchev–Trinajstić information content (AvgIpc) is 3.04. The van der Waals surface area contributed by atoms with Gasteiger partial charge in [0.2, 0.25) is 0 Å². The average molecular weight is 402 g/mol. The Morgan fingerprint density at radius 3 is 2.45 bits per heavy atom. The van der Waals surface area contributed by atoms with Gasteiger partial charge in [-0.15, -0.1) is 0 Å². The molecule has 3 aromatic carbocycles. The van der Waals surface area contributed by atoms with Gasteiger partial charge in [0.05, 0.1) is 27.6 Å². The number of benzene rings is 3. The van der Waals surface area contributed by atoms with Gasteiger partial charge in [0.1, 0.15) is 5.82 Å². The van der Waals surface area contributed by atoms with Crippen molar-refractivity contribution in [3.63, 3.8) is 0 Å². The first-order chi connectivity index (χ1) is 14.0. The van der Waals surface area contributed by atoms with E-state index in [1.165, 1.54) is 0 Å². The summed E-state index contributed by atoms with van der Waals surface area (Å²) in [5.41, 5.74) is 3.62. The summed E-state index contributed by atoms with van der Waals surface area (Å²) < 4.78 is 30.0. The van der Waals surface area contributed by atoms with E-state index in [1.54, 1.807) is 54.6 Å². The third-order valence-corrected chi connectivity index (χ3v) is 6.11. The molecule has 0 aliphatic rings. The largest absolute Gasteiger partial charge is 0.331 e. The van der Waals surface area contributed by atoms with Crippen LogP contribution in [-0.4, -0.2) is 18.0 Å². The molecule has 0 spiro atoms. The Bertz CT molecular complexity index is 1320. The summed E-state index contributed by atoms with van der Waals surface area (Å²) in [6.07, 6.45) is 0.585. The third kappa shape index (κ3) is 3.84. The van der Waals surface area contributed by atoms with Crippen LogP contribution >= 0.6 is 0 Å². The van der Waals surface area contributed by atoms with Crippen molar-refractivity contribution < 1.29 is 8.42 Å². The highest BCUT2D eigenvalue weighted by molar-refractivity contribution is 7.92.